The lowest BCUT2D eigenvalue weighted by Crippen LogP contribution is -2.15. The minimum atomic E-state index is -3.56. The van der Waals surface area contributed by atoms with Gasteiger partial charge in [-0.1, -0.05) is 18.2 Å². The molecule has 0 fully saturated rings. The fourth-order valence-electron chi connectivity index (χ4n) is 1.56. The van der Waals surface area contributed by atoms with E-state index in [1.165, 1.54) is 6.20 Å². The molecule has 2 aromatic rings. The molecule has 0 unspecified atom stereocenters. The Labute approximate surface area is 106 Å². The normalized spacial score (nSPS) is 11.2. The smallest absolute Gasteiger partial charge is 0.213 e. The van der Waals surface area contributed by atoms with Crippen LogP contribution in [0.2, 0.25) is 0 Å². The highest BCUT2D eigenvalue weighted by atomic mass is 32.2. The molecule has 5 nitrogen and oxygen atoms in total. The topological polar surface area (TPSA) is 85.1 Å². The molecule has 1 heterocycles. The second-order valence-electron chi connectivity index (χ2n) is 3.83. The second kappa shape index (κ2) is 5.16. The third-order valence-electron chi connectivity index (χ3n) is 2.32. The zero-order valence-corrected chi connectivity index (χ0v) is 10.4. The van der Waals surface area contributed by atoms with Crippen molar-refractivity contribution in [3.05, 3.63) is 54.4 Å². The number of sulfonamides is 1. The molecule has 0 spiro atoms. The van der Waals surface area contributed by atoms with Gasteiger partial charge in [0.25, 0.3) is 0 Å². The van der Waals surface area contributed by atoms with Gasteiger partial charge in [0.2, 0.25) is 10.0 Å². The van der Waals surface area contributed by atoms with Crippen molar-refractivity contribution in [1.82, 2.24) is 4.98 Å². The molecule has 0 aliphatic rings. The highest BCUT2D eigenvalue weighted by Crippen LogP contribution is 2.20. The first kappa shape index (κ1) is 12.5. The lowest BCUT2D eigenvalue weighted by molar-refractivity contribution is 0.597. The maximum atomic E-state index is 11.1. The predicted molar refractivity (Wildman–Crippen MR) is 70.8 cm³/mol. The van der Waals surface area contributed by atoms with Crippen LogP contribution in [0.4, 0.5) is 11.4 Å². The van der Waals surface area contributed by atoms with E-state index in [2.05, 4.69) is 10.3 Å². The molecule has 94 valence electrons. The van der Waals surface area contributed by atoms with Crippen LogP contribution in [0, 0.1) is 0 Å². The van der Waals surface area contributed by atoms with Crippen LogP contribution in [0.15, 0.2) is 48.8 Å². The number of primary sulfonamides is 1. The zero-order valence-electron chi connectivity index (χ0n) is 9.58. The average molecular weight is 263 g/mol. The van der Waals surface area contributed by atoms with E-state index in [1.807, 2.05) is 30.3 Å². The van der Waals surface area contributed by atoms with E-state index in [0.29, 0.717) is 11.3 Å². The van der Waals surface area contributed by atoms with Gasteiger partial charge in [0.1, 0.15) is 0 Å². The number of hydrogen-bond acceptors (Lipinski definition) is 4. The molecule has 18 heavy (non-hydrogen) atoms. The van der Waals surface area contributed by atoms with Crippen molar-refractivity contribution in [3.63, 3.8) is 0 Å². The maximum absolute atomic E-state index is 11.1. The van der Waals surface area contributed by atoms with Crippen LogP contribution in [-0.4, -0.2) is 13.4 Å². The first-order valence-corrected chi connectivity index (χ1v) is 7.01. The number of benzene rings is 1. The molecule has 1 aromatic heterocycles. The van der Waals surface area contributed by atoms with Crippen molar-refractivity contribution >= 4 is 21.4 Å². The Morgan fingerprint density at radius 2 is 1.89 bits per heavy atom. The van der Waals surface area contributed by atoms with Gasteiger partial charge in [0.05, 0.1) is 17.6 Å². The number of nitrogens with two attached hydrogens (primary N) is 1. The molecule has 1 aromatic carbocycles. The molecule has 0 saturated heterocycles. The molecule has 6 heteroatoms. The van der Waals surface area contributed by atoms with E-state index in [9.17, 15) is 8.42 Å². The van der Waals surface area contributed by atoms with E-state index in [0.717, 1.165) is 5.69 Å². The van der Waals surface area contributed by atoms with E-state index in [-0.39, 0.29) is 5.75 Å². The number of nitrogens with zero attached hydrogens (tertiary/aromatic N) is 1. The quantitative estimate of drug-likeness (QED) is 0.877. The Kier molecular flexibility index (Phi) is 3.59. The number of nitrogens with one attached hydrogen (secondary N) is 1. The molecule has 2 rings (SSSR count). The summed E-state index contributed by atoms with van der Waals surface area (Å²) >= 11 is 0. The summed E-state index contributed by atoms with van der Waals surface area (Å²) in [5.74, 6) is -0.218. The zero-order chi connectivity index (χ0) is 13.0. The minimum Gasteiger partial charge on any atom is -0.354 e. The van der Waals surface area contributed by atoms with Crippen molar-refractivity contribution in [1.29, 1.82) is 0 Å². The SMILES string of the molecule is NS(=O)(=O)Cc1ccncc1Nc1ccccc1. The summed E-state index contributed by atoms with van der Waals surface area (Å²) in [5, 5.41) is 8.17. The third-order valence-corrected chi connectivity index (χ3v) is 3.03. The molecule has 3 N–H and O–H groups in total. The molecule has 0 bridgehead atoms. The fraction of sp³-hybridized carbons (Fsp3) is 0.0833. The van der Waals surface area contributed by atoms with E-state index < -0.39 is 10.0 Å². The number of aromatic nitrogens is 1. The Hall–Kier alpha value is -1.92. The van der Waals surface area contributed by atoms with Crippen molar-refractivity contribution in [2.75, 3.05) is 5.32 Å². The number of hydrogen-bond donors (Lipinski definition) is 2. The van der Waals surface area contributed by atoms with Crippen LogP contribution in [0.25, 0.3) is 0 Å². The molecule has 0 radical (unpaired) electrons. The van der Waals surface area contributed by atoms with Crippen LogP contribution in [0.5, 0.6) is 0 Å². The Morgan fingerprint density at radius 3 is 2.56 bits per heavy atom. The van der Waals surface area contributed by atoms with Crippen molar-refractivity contribution in [3.8, 4) is 0 Å². The Bertz CT molecular complexity index is 627. The van der Waals surface area contributed by atoms with Gasteiger partial charge < -0.3 is 5.32 Å². The summed E-state index contributed by atoms with van der Waals surface area (Å²) in [5.41, 5.74) is 2.09. The molecular formula is C12H13N3O2S. The van der Waals surface area contributed by atoms with Crippen LogP contribution in [0.3, 0.4) is 0 Å². The van der Waals surface area contributed by atoms with Crippen LogP contribution >= 0.6 is 0 Å². The summed E-state index contributed by atoms with van der Waals surface area (Å²) in [4.78, 5) is 3.97. The molecule has 0 aliphatic carbocycles. The van der Waals surface area contributed by atoms with Crippen molar-refractivity contribution in [2.45, 2.75) is 5.75 Å². The Balaban J connectivity index is 2.28. The van der Waals surface area contributed by atoms with Gasteiger partial charge in [-0.2, -0.15) is 0 Å². The summed E-state index contributed by atoms with van der Waals surface area (Å²) in [7, 11) is -3.56. The average Bonchev–Trinajstić information content (AvgIpc) is 2.31. The van der Waals surface area contributed by atoms with Gasteiger partial charge in [-0.05, 0) is 23.8 Å². The van der Waals surface area contributed by atoms with Crippen molar-refractivity contribution < 1.29 is 8.42 Å². The van der Waals surface area contributed by atoms with Gasteiger partial charge in [-0.15, -0.1) is 0 Å². The van der Waals surface area contributed by atoms with Gasteiger partial charge in [0, 0.05) is 11.9 Å². The highest BCUT2D eigenvalue weighted by Gasteiger charge is 2.09. The lowest BCUT2D eigenvalue weighted by atomic mass is 10.2. The number of pyridine rings is 1. The third kappa shape index (κ3) is 3.54. The summed E-state index contributed by atoms with van der Waals surface area (Å²) in [6.07, 6.45) is 3.12. The molecule has 0 atom stereocenters. The number of para-hydroxylation sites is 1. The number of anilines is 2. The van der Waals surface area contributed by atoms with E-state index in [4.69, 9.17) is 5.14 Å². The minimum absolute atomic E-state index is 0.218. The van der Waals surface area contributed by atoms with Gasteiger partial charge >= 0.3 is 0 Å². The number of rotatable bonds is 4. The van der Waals surface area contributed by atoms with Gasteiger partial charge in [0.15, 0.2) is 0 Å². The summed E-state index contributed by atoms with van der Waals surface area (Å²) in [6.45, 7) is 0. The maximum Gasteiger partial charge on any atom is 0.213 e. The standard InChI is InChI=1S/C12H13N3O2S/c13-18(16,17)9-10-6-7-14-8-12(10)15-11-4-2-1-3-5-11/h1-8,15H,9H2,(H2,13,16,17). The highest BCUT2D eigenvalue weighted by molar-refractivity contribution is 7.88. The van der Waals surface area contributed by atoms with Crippen LogP contribution in [0.1, 0.15) is 5.56 Å². The van der Waals surface area contributed by atoms with Gasteiger partial charge in [-0.3, -0.25) is 4.98 Å². The fourth-order valence-corrected chi connectivity index (χ4v) is 2.24. The first-order valence-electron chi connectivity index (χ1n) is 5.30. The molecular weight excluding hydrogens is 250 g/mol. The summed E-state index contributed by atoms with van der Waals surface area (Å²) in [6, 6.07) is 11.1. The second-order valence-corrected chi connectivity index (χ2v) is 5.45. The monoisotopic (exact) mass is 263 g/mol. The van der Waals surface area contributed by atoms with E-state index in [1.54, 1.807) is 12.3 Å². The van der Waals surface area contributed by atoms with Crippen LogP contribution in [-0.2, 0) is 15.8 Å². The largest absolute Gasteiger partial charge is 0.354 e. The molecule has 0 amide bonds. The van der Waals surface area contributed by atoms with Crippen LogP contribution < -0.4 is 10.5 Å². The lowest BCUT2D eigenvalue weighted by Gasteiger charge is -2.10. The summed E-state index contributed by atoms with van der Waals surface area (Å²) < 4.78 is 22.3. The Morgan fingerprint density at radius 1 is 1.17 bits per heavy atom. The first-order chi connectivity index (χ1) is 8.54. The van der Waals surface area contributed by atoms with Gasteiger partial charge in [-0.25, -0.2) is 13.6 Å². The van der Waals surface area contributed by atoms with Crippen molar-refractivity contribution in [2.24, 2.45) is 5.14 Å². The molecule has 0 saturated carbocycles. The molecule has 0 aliphatic heterocycles. The predicted octanol–water partition coefficient (Wildman–Crippen LogP) is 1.61. The van der Waals surface area contributed by atoms with E-state index >= 15 is 0 Å².